The minimum Gasteiger partial charge on any atom is -0.306 e. The summed E-state index contributed by atoms with van der Waals surface area (Å²) in [7, 11) is 2.20. The van der Waals surface area contributed by atoms with Gasteiger partial charge in [-0.2, -0.15) is 0 Å². The van der Waals surface area contributed by atoms with Crippen molar-refractivity contribution in [2.75, 3.05) is 20.1 Å². The van der Waals surface area contributed by atoms with E-state index in [4.69, 9.17) is 0 Å². The second kappa shape index (κ2) is 3.77. The van der Waals surface area contributed by atoms with Gasteiger partial charge in [-0.25, -0.2) is 0 Å². The van der Waals surface area contributed by atoms with Gasteiger partial charge in [0.05, 0.1) is 0 Å². The smallest absolute Gasteiger partial charge is 0.00162 e. The molecule has 1 saturated heterocycles. The first kappa shape index (κ1) is 7.80. The highest BCUT2D eigenvalue weighted by Crippen LogP contribution is 2.16. The quantitative estimate of drug-likeness (QED) is 0.501. The molecule has 1 nitrogen and oxygen atoms in total. The summed E-state index contributed by atoms with van der Waals surface area (Å²) in [6.07, 6.45) is 7.21. The monoisotopic (exact) mass is 139 g/mol. The van der Waals surface area contributed by atoms with Gasteiger partial charge < -0.3 is 4.90 Å². The number of nitrogens with zero attached hydrogens (tertiary/aromatic N) is 1. The minimum absolute atomic E-state index is 0.862. The van der Waals surface area contributed by atoms with E-state index >= 15 is 0 Å². The van der Waals surface area contributed by atoms with Gasteiger partial charge in [0.2, 0.25) is 0 Å². The molecule has 0 aromatic carbocycles. The van der Waals surface area contributed by atoms with Gasteiger partial charge in [0.1, 0.15) is 0 Å². The normalized spacial score (nSPS) is 24.2. The summed E-state index contributed by atoms with van der Waals surface area (Å²) in [4.78, 5) is 2.40. The molecule has 0 unspecified atom stereocenters. The molecular formula is C9H17N. The molecule has 1 aliphatic heterocycles. The van der Waals surface area contributed by atoms with Crippen molar-refractivity contribution in [3.63, 3.8) is 0 Å². The van der Waals surface area contributed by atoms with Crippen LogP contribution in [0.25, 0.3) is 0 Å². The fraction of sp³-hybridized carbons (Fsp3) is 0.778. The zero-order valence-corrected chi connectivity index (χ0v) is 7.01. The average molecular weight is 139 g/mol. The third-order valence-electron chi connectivity index (χ3n) is 2.23. The van der Waals surface area contributed by atoms with E-state index in [1.807, 2.05) is 0 Å². The molecule has 10 heavy (non-hydrogen) atoms. The van der Waals surface area contributed by atoms with Crippen molar-refractivity contribution in [1.82, 2.24) is 4.90 Å². The first-order valence-electron chi connectivity index (χ1n) is 4.14. The molecule has 58 valence electrons. The van der Waals surface area contributed by atoms with Crippen molar-refractivity contribution in [2.45, 2.75) is 19.8 Å². The summed E-state index contributed by atoms with van der Waals surface area (Å²) in [5, 5.41) is 0. The zero-order chi connectivity index (χ0) is 7.40. The van der Waals surface area contributed by atoms with Crippen molar-refractivity contribution in [1.29, 1.82) is 0 Å². The molecule has 0 radical (unpaired) electrons. The van der Waals surface area contributed by atoms with Crippen LogP contribution in [-0.2, 0) is 0 Å². The van der Waals surface area contributed by atoms with Gasteiger partial charge in [-0.05, 0) is 45.8 Å². The third-order valence-corrected chi connectivity index (χ3v) is 2.23. The Labute approximate surface area is 63.7 Å². The standard InChI is InChI=1S/C9H17N/c1-3-4-9-5-7-10(2)8-6-9/h3-4,9H,5-8H2,1-2H3/b4-3+. The van der Waals surface area contributed by atoms with E-state index in [0.717, 1.165) is 5.92 Å². The molecule has 0 aliphatic carbocycles. The largest absolute Gasteiger partial charge is 0.306 e. The highest BCUT2D eigenvalue weighted by molar-refractivity contribution is 4.88. The Morgan fingerprint density at radius 1 is 1.30 bits per heavy atom. The Morgan fingerprint density at radius 2 is 1.90 bits per heavy atom. The second-order valence-electron chi connectivity index (χ2n) is 3.17. The predicted octanol–water partition coefficient (Wildman–Crippen LogP) is 1.90. The molecule has 1 fully saturated rings. The predicted molar refractivity (Wildman–Crippen MR) is 45.0 cm³/mol. The van der Waals surface area contributed by atoms with Gasteiger partial charge in [-0.15, -0.1) is 0 Å². The molecule has 0 aromatic rings. The molecule has 1 aliphatic rings. The number of hydrogen-bond acceptors (Lipinski definition) is 1. The van der Waals surface area contributed by atoms with Crippen LogP contribution in [0.15, 0.2) is 12.2 Å². The second-order valence-corrected chi connectivity index (χ2v) is 3.17. The SMILES string of the molecule is C/C=C/C1CCN(C)CC1. The molecule has 0 spiro atoms. The molecule has 0 saturated carbocycles. The Bertz CT molecular complexity index is 110. The molecule has 1 heteroatoms. The zero-order valence-electron chi connectivity index (χ0n) is 7.01. The van der Waals surface area contributed by atoms with Crippen LogP contribution in [0.4, 0.5) is 0 Å². The Morgan fingerprint density at radius 3 is 2.40 bits per heavy atom. The lowest BCUT2D eigenvalue weighted by Crippen LogP contribution is -2.29. The fourth-order valence-corrected chi connectivity index (χ4v) is 1.49. The molecule has 1 heterocycles. The molecule has 0 atom stereocenters. The van der Waals surface area contributed by atoms with E-state index < -0.39 is 0 Å². The van der Waals surface area contributed by atoms with Crippen LogP contribution in [0.5, 0.6) is 0 Å². The van der Waals surface area contributed by atoms with Crippen LogP contribution in [0.3, 0.4) is 0 Å². The van der Waals surface area contributed by atoms with Crippen LogP contribution in [0, 0.1) is 5.92 Å². The average Bonchev–Trinajstić information content (AvgIpc) is 1.95. The maximum Gasteiger partial charge on any atom is -0.00162 e. The maximum atomic E-state index is 2.40. The van der Waals surface area contributed by atoms with Crippen LogP contribution >= 0.6 is 0 Å². The van der Waals surface area contributed by atoms with Crippen molar-refractivity contribution in [3.05, 3.63) is 12.2 Å². The Hall–Kier alpha value is -0.300. The summed E-state index contributed by atoms with van der Waals surface area (Å²) in [5.41, 5.74) is 0. The first-order chi connectivity index (χ1) is 4.83. The van der Waals surface area contributed by atoms with Gasteiger partial charge in [-0.1, -0.05) is 12.2 Å². The number of allylic oxidation sites excluding steroid dienone is 2. The van der Waals surface area contributed by atoms with E-state index in [9.17, 15) is 0 Å². The number of likely N-dealkylation sites (tertiary alicyclic amines) is 1. The first-order valence-corrected chi connectivity index (χ1v) is 4.14. The number of rotatable bonds is 1. The van der Waals surface area contributed by atoms with Crippen molar-refractivity contribution in [2.24, 2.45) is 5.92 Å². The van der Waals surface area contributed by atoms with Crippen LogP contribution in [0.1, 0.15) is 19.8 Å². The molecule has 0 N–H and O–H groups in total. The van der Waals surface area contributed by atoms with Gasteiger partial charge in [0, 0.05) is 0 Å². The number of hydrogen-bond donors (Lipinski definition) is 0. The van der Waals surface area contributed by atoms with Crippen LogP contribution in [-0.4, -0.2) is 25.0 Å². The van der Waals surface area contributed by atoms with Gasteiger partial charge in [0.25, 0.3) is 0 Å². The topological polar surface area (TPSA) is 3.24 Å². The molecular weight excluding hydrogens is 122 g/mol. The third kappa shape index (κ3) is 2.14. The summed E-state index contributed by atoms with van der Waals surface area (Å²) in [6.45, 7) is 4.66. The summed E-state index contributed by atoms with van der Waals surface area (Å²) >= 11 is 0. The van der Waals surface area contributed by atoms with E-state index in [1.54, 1.807) is 0 Å². The summed E-state index contributed by atoms with van der Waals surface area (Å²) in [5.74, 6) is 0.862. The van der Waals surface area contributed by atoms with Crippen molar-refractivity contribution >= 4 is 0 Å². The molecule has 0 bridgehead atoms. The van der Waals surface area contributed by atoms with Crippen molar-refractivity contribution < 1.29 is 0 Å². The molecule has 1 rings (SSSR count). The van der Waals surface area contributed by atoms with Crippen LogP contribution < -0.4 is 0 Å². The Kier molecular flexibility index (Phi) is 2.94. The van der Waals surface area contributed by atoms with Gasteiger partial charge in [0.15, 0.2) is 0 Å². The van der Waals surface area contributed by atoms with E-state index in [-0.39, 0.29) is 0 Å². The van der Waals surface area contributed by atoms with E-state index in [1.165, 1.54) is 25.9 Å². The number of piperidine rings is 1. The van der Waals surface area contributed by atoms with Gasteiger partial charge in [-0.3, -0.25) is 0 Å². The van der Waals surface area contributed by atoms with E-state index in [2.05, 4.69) is 31.0 Å². The highest BCUT2D eigenvalue weighted by Gasteiger charge is 2.12. The lowest BCUT2D eigenvalue weighted by atomic mass is 9.97. The van der Waals surface area contributed by atoms with E-state index in [0.29, 0.717) is 0 Å². The lowest BCUT2D eigenvalue weighted by molar-refractivity contribution is 0.244. The molecule has 0 amide bonds. The Balaban J connectivity index is 2.26. The highest BCUT2D eigenvalue weighted by atomic mass is 15.1. The van der Waals surface area contributed by atoms with Gasteiger partial charge >= 0.3 is 0 Å². The van der Waals surface area contributed by atoms with Crippen LogP contribution in [0.2, 0.25) is 0 Å². The van der Waals surface area contributed by atoms with Crippen molar-refractivity contribution in [3.8, 4) is 0 Å². The summed E-state index contributed by atoms with van der Waals surface area (Å²) in [6, 6.07) is 0. The maximum absolute atomic E-state index is 2.40. The minimum atomic E-state index is 0.862. The lowest BCUT2D eigenvalue weighted by Gasteiger charge is -2.26. The summed E-state index contributed by atoms with van der Waals surface area (Å²) < 4.78 is 0. The fourth-order valence-electron chi connectivity index (χ4n) is 1.49. The molecule has 0 aromatic heterocycles.